The van der Waals surface area contributed by atoms with Crippen molar-refractivity contribution in [3.05, 3.63) is 34.3 Å². The fraction of sp³-hybridized carbons (Fsp3) is 0.600. The Morgan fingerprint density at radius 3 is 2.94 bits per heavy atom. The van der Waals surface area contributed by atoms with E-state index in [0.29, 0.717) is 6.04 Å². The molecule has 0 saturated heterocycles. The van der Waals surface area contributed by atoms with Crippen molar-refractivity contribution in [2.75, 3.05) is 5.75 Å². The minimum Gasteiger partial charge on any atom is -0.309 e. The van der Waals surface area contributed by atoms with Crippen LogP contribution in [0.25, 0.3) is 0 Å². The Labute approximate surface area is 120 Å². The molecule has 2 unspecified atom stereocenters. The van der Waals surface area contributed by atoms with E-state index in [-0.39, 0.29) is 0 Å². The third-order valence-corrected chi connectivity index (χ3v) is 5.27. The van der Waals surface area contributed by atoms with Gasteiger partial charge in [-0.25, -0.2) is 0 Å². The number of hydrogen-bond donors (Lipinski definition) is 1. The van der Waals surface area contributed by atoms with Crippen molar-refractivity contribution < 1.29 is 0 Å². The molecule has 0 aliphatic heterocycles. The summed E-state index contributed by atoms with van der Waals surface area (Å²) in [6.45, 7) is 5.22. The Kier molecular flexibility index (Phi) is 5.40. The van der Waals surface area contributed by atoms with Crippen LogP contribution in [0.5, 0.6) is 0 Å². The van der Waals surface area contributed by atoms with Gasteiger partial charge in [-0.1, -0.05) is 37.1 Å². The first kappa shape index (κ1) is 14.2. The highest BCUT2D eigenvalue weighted by atomic mass is 35.5. The van der Waals surface area contributed by atoms with Gasteiger partial charge < -0.3 is 5.32 Å². The van der Waals surface area contributed by atoms with E-state index in [1.54, 1.807) is 0 Å². The van der Waals surface area contributed by atoms with Crippen molar-refractivity contribution >= 4 is 23.4 Å². The van der Waals surface area contributed by atoms with Gasteiger partial charge in [0.15, 0.2) is 0 Å². The minimum atomic E-state index is 0.660. The molecule has 1 saturated carbocycles. The summed E-state index contributed by atoms with van der Waals surface area (Å²) in [6, 6.07) is 6.98. The molecule has 1 nitrogen and oxygen atoms in total. The van der Waals surface area contributed by atoms with E-state index >= 15 is 0 Å². The fourth-order valence-electron chi connectivity index (χ4n) is 2.61. The van der Waals surface area contributed by atoms with Crippen LogP contribution < -0.4 is 5.32 Å². The molecule has 0 spiro atoms. The van der Waals surface area contributed by atoms with Gasteiger partial charge in [-0.3, -0.25) is 0 Å². The van der Waals surface area contributed by atoms with E-state index in [2.05, 4.69) is 43.1 Å². The molecule has 0 radical (unpaired) electrons. The molecule has 18 heavy (non-hydrogen) atoms. The number of halogens is 1. The molecule has 1 fully saturated rings. The van der Waals surface area contributed by atoms with Crippen LogP contribution in [0.2, 0.25) is 5.02 Å². The molecule has 1 N–H and O–H groups in total. The lowest BCUT2D eigenvalue weighted by Gasteiger charge is -2.20. The lowest BCUT2D eigenvalue weighted by molar-refractivity contribution is 0.532. The lowest BCUT2D eigenvalue weighted by atomic mass is 10.1. The number of nitrogens with one attached hydrogen (secondary N) is 1. The highest BCUT2D eigenvalue weighted by Gasteiger charge is 2.26. The molecule has 0 bridgehead atoms. The Hall–Kier alpha value is -0.180. The maximum atomic E-state index is 6.27. The third kappa shape index (κ3) is 3.66. The van der Waals surface area contributed by atoms with Crippen LogP contribution in [0, 0.1) is 6.92 Å². The molecule has 2 atom stereocenters. The largest absolute Gasteiger partial charge is 0.309 e. The van der Waals surface area contributed by atoms with Crippen molar-refractivity contribution in [1.29, 1.82) is 0 Å². The highest BCUT2D eigenvalue weighted by molar-refractivity contribution is 7.99. The molecule has 1 aliphatic carbocycles. The lowest BCUT2D eigenvalue weighted by Crippen LogP contribution is -2.33. The molecular weight excluding hydrogens is 262 g/mol. The molecule has 1 aromatic rings. The summed E-state index contributed by atoms with van der Waals surface area (Å²) in [6.07, 6.45) is 4.02. The van der Waals surface area contributed by atoms with Crippen LogP contribution in [-0.4, -0.2) is 17.0 Å². The average Bonchev–Trinajstić information content (AvgIpc) is 2.76. The van der Waals surface area contributed by atoms with Crippen LogP contribution >= 0.6 is 23.4 Å². The normalized spacial score (nSPS) is 23.5. The predicted octanol–water partition coefficient (Wildman–Crippen LogP) is 4.41. The molecule has 0 heterocycles. The second kappa shape index (κ2) is 6.83. The van der Waals surface area contributed by atoms with Crippen LogP contribution in [-0.2, 0) is 6.54 Å². The molecule has 3 heteroatoms. The zero-order chi connectivity index (χ0) is 13.0. The second-order valence-corrected chi connectivity index (χ2v) is 6.93. The standard InChI is InChI=1S/C15H22ClNS/c1-3-18-15-6-4-5-14(15)17-10-12-8-7-11(2)9-13(12)16/h7-9,14-15,17H,3-6,10H2,1-2H3. The topological polar surface area (TPSA) is 12.0 Å². The van der Waals surface area contributed by atoms with Gasteiger partial charge in [-0.15, -0.1) is 0 Å². The predicted molar refractivity (Wildman–Crippen MR) is 82.6 cm³/mol. The Bertz CT molecular complexity index is 394. The van der Waals surface area contributed by atoms with Gasteiger partial charge in [-0.05, 0) is 42.7 Å². The smallest absolute Gasteiger partial charge is 0.0453 e. The molecule has 100 valence electrons. The number of rotatable bonds is 5. The van der Waals surface area contributed by atoms with E-state index in [1.165, 1.54) is 36.1 Å². The van der Waals surface area contributed by atoms with Crippen LogP contribution in [0.4, 0.5) is 0 Å². The van der Waals surface area contributed by atoms with E-state index in [1.807, 2.05) is 6.07 Å². The number of benzene rings is 1. The zero-order valence-corrected chi connectivity index (χ0v) is 12.8. The van der Waals surface area contributed by atoms with Crippen molar-refractivity contribution in [3.63, 3.8) is 0 Å². The molecule has 2 rings (SSSR count). The summed E-state index contributed by atoms with van der Waals surface area (Å²) in [5.41, 5.74) is 2.44. The van der Waals surface area contributed by atoms with Crippen molar-refractivity contribution in [1.82, 2.24) is 5.32 Å². The summed E-state index contributed by atoms with van der Waals surface area (Å²) in [7, 11) is 0. The minimum absolute atomic E-state index is 0.660. The second-order valence-electron chi connectivity index (χ2n) is 5.01. The van der Waals surface area contributed by atoms with Crippen LogP contribution in [0.15, 0.2) is 18.2 Å². The molecule has 1 aromatic carbocycles. The first-order valence-electron chi connectivity index (χ1n) is 6.80. The zero-order valence-electron chi connectivity index (χ0n) is 11.2. The van der Waals surface area contributed by atoms with Gasteiger partial charge >= 0.3 is 0 Å². The average molecular weight is 284 g/mol. The van der Waals surface area contributed by atoms with Gasteiger partial charge in [-0.2, -0.15) is 11.8 Å². The molecule has 0 aromatic heterocycles. The van der Waals surface area contributed by atoms with Gasteiger partial charge in [0.1, 0.15) is 0 Å². The van der Waals surface area contributed by atoms with E-state index in [4.69, 9.17) is 11.6 Å². The Balaban J connectivity index is 1.90. The Morgan fingerprint density at radius 2 is 2.22 bits per heavy atom. The molecule has 1 aliphatic rings. The van der Waals surface area contributed by atoms with Crippen molar-refractivity contribution in [3.8, 4) is 0 Å². The van der Waals surface area contributed by atoms with E-state index in [0.717, 1.165) is 16.8 Å². The van der Waals surface area contributed by atoms with Crippen molar-refractivity contribution in [2.45, 2.75) is 50.9 Å². The summed E-state index contributed by atoms with van der Waals surface area (Å²) >= 11 is 8.36. The van der Waals surface area contributed by atoms with Crippen LogP contribution in [0.1, 0.15) is 37.3 Å². The Morgan fingerprint density at radius 1 is 1.39 bits per heavy atom. The van der Waals surface area contributed by atoms with E-state index < -0.39 is 0 Å². The molecular formula is C15H22ClNS. The summed E-state index contributed by atoms with van der Waals surface area (Å²) in [5, 5.41) is 5.37. The summed E-state index contributed by atoms with van der Waals surface area (Å²) in [5.74, 6) is 1.22. The number of thioether (sulfide) groups is 1. The SMILES string of the molecule is CCSC1CCCC1NCc1ccc(C)cc1Cl. The van der Waals surface area contributed by atoms with Gasteiger partial charge in [0, 0.05) is 22.9 Å². The monoisotopic (exact) mass is 283 g/mol. The van der Waals surface area contributed by atoms with E-state index in [9.17, 15) is 0 Å². The first-order chi connectivity index (χ1) is 8.70. The van der Waals surface area contributed by atoms with Crippen molar-refractivity contribution in [2.24, 2.45) is 0 Å². The summed E-state index contributed by atoms with van der Waals surface area (Å²) < 4.78 is 0. The third-order valence-electron chi connectivity index (χ3n) is 3.60. The van der Waals surface area contributed by atoms with Gasteiger partial charge in [0.2, 0.25) is 0 Å². The van der Waals surface area contributed by atoms with Gasteiger partial charge in [0.25, 0.3) is 0 Å². The summed E-state index contributed by atoms with van der Waals surface area (Å²) in [4.78, 5) is 0. The maximum absolute atomic E-state index is 6.27. The fourth-order valence-corrected chi connectivity index (χ4v) is 4.14. The highest BCUT2D eigenvalue weighted by Crippen LogP contribution is 2.30. The van der Waals surface area contributed by atoms with Crippen LogP contribution in [0.3, 0.4) is 0 Å². The quantitative estimate of drug-likeness (QED) is 0.859. The molecule has 0 amide bonds. The number of hydrogen-bond acceptors (Lipinski definition) is 2. The van der Waals surface area contributed by atoms with Gasteiger partial charge in [0.05, 0.1) is 0 Å². The maximum Gasteiger partial charge on any atom is 0.0453 e. The number of aryl methyl sites for hydroxylation is 1. The first-order valence-corrected chi connectivity index (χ1v) is 8.23.